The molecular weight excluding hydrogens is 338 g/mol. The molecule has 7 heteroatoms. The molecule has 0 aromatic heterocycles. The Labute approximate surface area is 153 Å². The zero-order valence-corrected chi connectivity index (χ0v) is 15.8. The smallest absolute Gasteiger partial charge is 0.338 e. The summed E-state index contributed by atoms with van der Waals surface area (Å²) in [6.45, 7) is 5.89. The van der Waals surface area contributed by atoms with E-state index in [-0.39, 0.29) is 13.0 Å². The Morgan fingerprint density at radius 2 is 2.04 bits per heavy atom. The number of likely N-dealkylation sites (N-methyl/N-ethyl adjacent to an activating group) is 1. The molecule has 0 aromatic carbocycles. The van der Waals surface area contributed by atoms with Gasteiger partial charge in [0.25, 0.3) is 5.72 Å². The van der Waals surface area contributed by atoms with E-state index in [2.05, 4.69) is 0 Å². The number of nitrogens with zero attached hydrogens (tertiary/aromatic N) is 1. The van der Waals surface area contributed by atoms with Gasteiger partial charge < -0.3 is 19.7 Å². The zero-order chi connectivity index (χ0) is 19.3. The van der Waals surface area contributed by atoms with Gasteiger partial charge in [-0.2, -0.15) is 0 Å². The molecule has 0 amide bonds. The monoisotopic (exact) mass is 366 g/mol. The van der Waals surface area contributed by atoms with Gasteiger partial charge in [-0.25, -0.2) is 9.59 Å². The van der Waals surface area contributed by atoms with Crippen molar-refractivity contribution >= 4 is 11.9 Å². The lowest BCUT2D eigenvalue weighted by Gasteiger charge is -2.40. The number of quaternary nitrogens is 1. The Bertz CT molecular complexity index is 696. The Kier molecular flexibility index (Phi) is 4.53. The van der Waals surface area contributed by atoms with Gasteiger partial charge in [-0.1, -0.05) is 13.0 Å². The summed E-state index contributed by atoms with van der Waals surface area (Å²) in [6.07, 6.45) is 3.49. The second-order valence-corrected chi connectivity index (χ2v) is 8.08. The first kappa shape index (κ1) is 19.1. The summed E-state index contributed by atoms with van der Waals surface area (Å²) >= 11 is 0. The normalized spacial score (nSPS) is 45.3. The van der Waals surface area contributed by atoms with Crippen LogP contribution in [0.5, 0.6) is 0 Å². The molecule has 0 bridgehead atoms. The molecule has 0 radical (unpaired) electrons. The number of rotatable bonds is 0. The molecule has 2 N–H and O–H groups in total. The Morgan fingerprint density at radius 1 is 1.35 bits per heavy atom. The zero-order valence-electron chi connectivity index (χ0n) is 15.8. The number of hydrogen-bond acceptors (Lipinski definition) is 6. The van der Waals surface area contributed by atoms with Crippen molar-refractivity contribution in [3.8, 4) is 0 Å². The summed E-state index contributed by atoms with van der Waals surface area (Å²) in [5.74, 6) is -1.80. The topological polar surface area (TPSA) is 93.1 Å². The molecule has 26 heavy (non-hydrogen) atoms. The van der Waals surface area contributed by atoms with Crippen LogP contribution in [0.25, 0.3) is 0 Å². The average molecular weight is 366 g/mol. The van der Waals surface area contributed by atoms with E-state index in [0.717, 1.165) is 0 Å². The number of hydrogen-bond donors (Lipinski definition) is 2. The number of aliphatic hydroxyl groups is 2. The minimum Gasteiger partial charge on any atom is -0.459 e. The van der Waals surface area contributed by atoms with E-state index in [1.54, 1.807) is 19.9 Å². The van der Waals surface area contributed by atoms with Gasteiger partial charge in [-0.15, -0.1) is 0 Å². The fraction of sp³-hybridized carbons (Fsp3) is 0.684. The summed E-state index contributed by atoms with van der Waals surface area (Å²) in [6, 6.07) is 0. The van der Waals surface area contributed by atoms with Crippen molar-refractivity contribution in [2.45, 2.75) is 51.0 Å². The molecule has 7 nitrogen and oxygen atoms in total. The van der Waals surface area contributed by atoms with E-state index in [1.807, 2.05) is 13.1 Å². The first-order valence-electron chi connectivity index (χ1n) is 9.08. The lowest BCUT2D eigenvalue weighted by Crippen LogP contribution is -2.61. The van der Waals surface area contributed by atoms with Crippen molar-refractivity contribution in [3.63, 3.8) is 0 Å². The fourth-order valence-electron chi connectivity index (χ4n) is 4.22. The van der Waals surface area contributed by atoms with Gasteiger partial charge in [0.15, 0.2) is 11.7 Å². The van der Waals surface area contributed by atoms with Gasteiger partial charge in [-0.3, -0.25) is 4.48 Å². The maximum atomic E-state index is 12.7. The second kappa shape index (κ2) is 6.18. The van der Waals surface area contributed by atoms with Crippen molar-refractivity contribution in [3.05, 3.63) is 23.3 Å². The predicted molar refractivity (Wildman–Crippen MR) is 92.6 cm³/mol. The van der Waals surface area contributed by atoms with Gasteiger partial charge >= 0.3 is 11.9 Å². The van der Waals surface area contributed by atoms with E-state index >= 15 is 0 Å². The molecule has 3 aliphatic rings. The molecule has 2 fully saturated rings. The van der Waals surface area contributed by atoms with E-state index in [0.29, 0.717) is 35.1 Å². The Balaban J connectivity index is 2.01. The summed E-state index contributed by atoms with van der Waals surface area (Å²) in [4.78, 5) is 25.2. The highest BCUT2D eigenvalue weighted by molar-refractivity contribution is 5.89. The number of cyclic esters (lactones) is 1. The van der Waals surface area contributed by atoms with Crippen LogP contribution in [0.4, 0.5) is 0 Å². The largest absolute Gasteiger partial charge is 0.459 e. The molecule has 3 heterocycles. The van der Waals surface area contributed by atoms with Gasteiger partial charge in [-0.05, 0) is 32.3 Å². The quantitative estimate of drug-likeness (QED) is 0.283. The maximum Gasteiger partial charge on any atom is 0.338 e. The van der Waals surface area contributed by atoms with Crippen molar-refractivity contribution < 1.29 is 33.8 Å². The molecule has 0 spiro atoms. The highest BCUT2D eigenvalue weighted by Crippen LogP contribution is 2.45. The Hall–Kier alpha value is -1.70. The molecule has 0 unspecified atom stereocenters. The van der Waals surface area contributed by atoms with Crippen molar-refractivity contribution in [1.29, 1.82) is 0 Å². The molecule has 3 aliphatic heterocycles. The van der Waals surface area contributed by atoms with Crippen LogP contribution in [0.2, 0.25) is 0 Å². The first-order chi connectivity index (χ1) is 12.1. The average Bonchev–Trinajstić information content (AvgIpc) is 2.98. The third-order valence-electron chi connectivity index (χ3n) is 6.49. The summed E-state index contributed by atoms with van der Waals surface area (Å²) in [7, 11) is 1.90. The maximum absolute atomic E-state index is 12.7. The third kappa shape index (κ3) is 2.61. The highest BCUT2D eigenvalue weighted by Gasteiger charge is 2.65. The minimum absolute atomic E-state index is 0.128. The highest BCUT2D eigenvalue weighted by atomic mass is 16.6. The van der Waals surface area contributed by atoms with Gasteiger partial charge in [0.05, 0.1) is 19.2 Å². The number of allylic oxidation sites excluding steroid dienone is 1. The third-order valence-corrected chi connectivity index (χ3v) is 6.49. The van der Waals surface area contributed by atoms with Crippen LogP contribution in [0.15, 0.2) is 23.3 Å². The fourth-order valence-corrected chi connectivity index (χ4v) is 4.22. The predicted octanol–water partition coefficient (Wildman–Crippen LogP) is 0.657. The van der Waals surface area contributed by atoms with E-state index < -0.39 is 35.3 Å². The van der Waals surface area contributed by atoms with Crippen LogP contribution < -0.4 is 0 Å². The summed E-state index contributed by atoms with van der Waals surface area (Å²) in [5, 5.41) is 22.1. The second-order valence-electron chi connectivity index (χ2n) is 8.08. The number of carbonyl (C=O) groups excluding carboxylic acids is 2. The number of ether oxygens (including phenoxy) is 2. The Morgan fingerprint density at radius 3 is 2.69 bits per heavy atom. The molecule has 0 aromatic rings. The van der Waals surface area contributed by atoms with Crippen LogP contribution in [0.1, 0.15) is 33.6 Å². The lowest BCUT2D eigenvalue weighted by molar-refractivity contribution is -0.955. The molecule has 0 saturated carbocycles. The minimum atomic E-state index is -1.75. The van der Waals surface area contributed by atoms with Crippen LogP contribution in [-0.4, -0.2) is 70.8 Å². The van der Waals surface area contributed by atoms with Gasteiger partial charge in [0.2, 0.25) is 0 Å². The molecule has 0 aliphatic carbocycles. The molecule has 3 rings (SSSR count). The van der Waals surface area contributed by atoms with Crippen LogP contribution >= 0.6 is 0 Å². The van der Waals surface area contributed by atoms with Crippen LogP contribution in [-0.2, 0) is 19.1 Å². The number of esters is 2. The van der Waals surface area contributed by atoms with Crippen LogP contribution in [0.3, 0.4) is 0 Å². The first-order valence-corrected chi connectivity index (χ1v) is 9.08. The standard InChI is InChI=1S/C19H28NO6/c1-5-13-10-12(2)18(3,23)17(22)25-11-14-6-8-20(4)9-7-15(19(14,20)24)26-16(13)21/h5-6,12,15,23-24H,7-11H2,1-4H3/q+1/b13-5+/t12-,15-,18-,19+,20-/m1/s1. The lowest BCUT2D eigenvalue weighted by atomic mass is 9.85. The van der Waals surface area contributed by atoms with Crippen molar-refractivity contribution in [2.75, 3.05) is 26.7 Å². The summed E-state index contributed by atoms with van der Waals surface area (Å²) in [5.41, 5.74) is -2.26. The molecular formula is C19H28NO6+. The van der Waals surface area contributed by atoms with E-state index in [4.69, 9.17) is 9.47 Å². The molecule has 144 valence electrons. The SMILES string of the molecule is C/C=C1\C[C@@H](C)[C@@](C)(O)C(=O)OCC2=CC[N@+]3(C)CC[C@@H](OC1=O)[C@@]23O. The van der Waals surface area contributed by atoms with E-state index in [9.17, 15) is 19.8 Å². The van der Waals surface area contributed by atoms with Gasteiger partial charge in [0, 0.05) is 12.0 Å². The molecule has 5 atom stereocenters. The summed E-state index contributed by atoms with van der Waals surface area (Å²) < 4.78 is 11.4. The van der Waals surface area contributed by atoms with Crippen molar-refractivity contribution in [1.82, 2.24) is 0 Å². The molecule has 2 saturated heterocycles. The van der Waals surface area contributed by atoms with E-state index in [1.165, 1.54) is 6.92 Å². The van der Waals surface area contributed by atoms with Crippen LogP contribution in [0, 0.1) is 5.92 Å². The van der Waals surface area contributed by atoms with Gasteiger partial charge in [0.1, 0.15) is 13.2 Å². The number of carbonyl (C=O) groups is 2. The van der Waals surface area contributed by atoms with Crippen molar-refractivity contribution in [2.24, 2.45) is 5.92 Å².